The predicted molar refractivity (Wildman–Crippen MR) is 82.2 cm³/mol. The highest BCUT2D eigenvalue weighted by Gasteiger charge is 2.16. The molecule has 0 N–H and O–H groups in total. The van der Waals surface area contributed by atoms with Crippen LogP contribution in [0.4, 0.5) is 0 Å². The largest absolute Gasteiger partial charge is 0.298 e. The van der Waals surface area contributed by atoms with Crippen molar-refractivity contribution in [2.45, 2.75) is 39.0 Å². The maximum Gasteiger partial charge on any atom is 0.271 e. The molecule has 20 heavy (non-hydrogen) atoms. The average Bonchev–Trinajstić information content (AvgIpc) is 2.74. The molecule has 0 unspecified atom stereocenters. The van der Waals surface area contributed by atoms with Gasteiger partial charge in [-0.25, -0.2) is 13.4 Å². The Morgan fingerprint density at radius 2 is 2.10 bits per heavy atom. The smallest absolute Gasteiger partial charge is 0.271 e. The fraction of sp³-hybridized carbons (Fsp3) is 0.538. The molecule has 0 bridgehead atoms. The minimum atomic E-state index is -3.05. The summed E-state index contributed by atoms with van der Waals surface area (Å²) in [7, 11) is -3.05. The van der Waals surface area contributed by atoms with Gasteiger partial charge in [0.15, 0.2) is 9.84 Å². The van der Waals surface area contributed by atoms with Gasteiger partial charge < -0.3 is 0 Å². The molecule has 0 aliphatic heterocycles. The van der Waals surface area contributed by atoms with Crippen LogP contribution in [0.15, 0.2) is 16.5 Å². The highest BCUT2D eigenvalue weighted by atomic mass is 32.2. The molecule has 0 saturated carbocycles. The third-order valence-corrected chi connectivity index (χ3v) is 6.64. The van der Waals surface area contributed by atoms with E-state index in [0.717, 1.165) is 11.1 Å². The third-order valence-electron chi connectivity index (χ3n) is 3.27. The number of aryl methyl sites for hydroxylation is 2. The number of nitrogens with zero attached hydrogens (tertiary/aromatic N) is 2. The molecular formula is C13H18N2O3S2. The molecule has 0 fully saturated rings. The Morgan fingerprint density at radius 1 is 1.40 bits per heavy atom. The Balaban J connectivity index is 2.15. The Kier molecular flexibility index (Phi) is 4.29. The van der Waals surface area contributed by atoms with Gasteiger partial charge in [0.1, 0.15) is 4.70 Å². The Hall–Kier alpha value is -1.21. The number of sulfone groups is 1. The second kappa shape index (κ2) is 5.65. The lowest BCUT2D eigenvalue weighted by molar-refractivity contribution is 0.575. The van der Waals surface area contributed by atoms with E-state index in [1.54, 1.807) is 13.8 Å². The van der Waals surface area contributed by atoms with E-state index in [2.05, 4.69) is 4.98 Å². The summed E-state index contributed by atoms with van der Waals surface area (Å²) in [5, 5.41) is 1.53. The standard InChI is InChI=1S/C13H18N2O3S2/c1-9(2)20(17,18)6-4-5-15-8-14-11-10(3)7-19-12(11)13(15)16/h7-9H,4-6H2,1-3H3. The minimum absolute atomic E-state index is 0.0879. The molecular weight excluding hydrogens is 296 g/mol. The predicted octanol–water partition coefficient (Wildman–Crippen LogP) is 1.98. The fourth-order valence-corrected chi connectivity index (χ4v) is 3.84. The number of rotatable bonds is 5. The van der Waals surface area contributed by atoms with E-state index >= 15 is 0 Å². The Labute approximate surface area is 122 Å². The summed E-state index contributed by atoms with van der Waals surface area (Å²) in [5.41, 5.74) is 1.65. The summed E-state index contributed by atoms with van der Waals surface area (Å²) in [4.78, 5) is 16.5. The Morgan fingerprint density at radius 3 is 2.75 bits per heavy atom. The molecule has 0 aliphatic rings. The molecule has 7 heteroatoms. The van der Waals surface area contributed by atoms with Crippen molar-refractivity contribution >= 4 is 31.4 Å². The van der Waals surface area contributed by atoms with Crippen LogP contribution in [0.3, 0.4) is 0 Å². The normalized spacial score (nSPS) is 12.4. The van der Waals surface area contributed by atoms with E-state index in [0.29, 0.717) is 17.7 Å². The second-order valence-electron chi connectivity index (χ2n) is 5.11. The number of thiophene rings is 1. The van der Waals surface area contributed by atoms with Crippen LogP contribution in [0.5, 0.6) is 0 Å². The van der Waals surface area contributed by atoms with E-state index in [4.69, 9.17) is 0 Å². The first kappa shape index (κ1) is 15.2. The molecule has 2 heterocycles. The van der Waals surface area contributed by atoms with Gasteiger partial charge in [-0.15, -0.1) is 11.3 Å². The lowest BCUT2D eigenvalue weighted by atomic mass is 10.3. The van der Waals surface area contributed by atoms with Crippen LogP contribution >= 0.6 is 11.3 Å². The van der Waals surface area contributed by atoms with Crippen LogP contribution in [0, 0.1) is 6.92 Å². The number of hydrogen-bond acceptors (Lipinski definition) is 5. The summed E-state index contributed by atoms with van der Waals surface area (Å²) in [6, 6.07) is 0. The maximum atomic E-state index is 12.2. The lowest BCUT2D eigenvalue weighted by Gasteiger charge is -2.08. The van der Waals surface area contributed by atoms with E-state index in [-0.39, 0.29) is 16.6 Å². The molecule has 0 atom stereocenters. The number of hydrogen-bond donors (Lipinski definition) is 0. The van der Waals surface area contributed by atoms with E-state index in [1.165, 1.54) is 22.2 Å². The third kappa shape index (κ3) is 2.93. The highest BCUT2D eigenvalue weighted by molar-refractivity contribution is 7.91. The average molecular weight is 314 g/mol. The van der Waals surface area contributed by atoms with Gasteiger partial charge in [-0.05, 0) is 38.1 Å². The van der Waals surface area contributed by atoms with Gasteiger partial charge in [0.2, 0.25) is 0 Å². The molecule has 5 nitrogen and oxygen atoms in total. The van der Waals surface area contributed by atoms with Crippen molar-refractivity contribution in [1.82, 2.24) is 9.55 Å². The molecule has 110 valence electrons. The molecule has 0 radical (unpaired) electrons. The summed E-state index contributed by atoms with van der Waals surface area (Å²) in [5.74, 6) is 0.0958. The topological polar surface area (TPSA) is 69.0 Å². The fourth-order valence-electron chi connectivity index (χ4n) is 1.89. The van der Waals surface area contributed by atoms with Crippen LogP contribution in [0.25, 0.3) is 10.2 Å². The quantitative estimate of drug-likeness (QED) is 0.846. The highest BCUT2D eigenvalue weighted by Crippen LogP contribution is 2.19. The molecule has 2 aromatic rings. The van der Waals surface area contributed by atoms with Crippen molar-refractivity contribution in [3.63, 3.8) is 0 Å². The van der Waals surface area contributed by atoms with E-state index in [1.807, 2.05) is 12.3 Å². The zero-order chi connectivity index (χ0) is 14.9. The Bertz CT molecular complexity index is 773. The first-order chi connectivity index (χ1) is 9.33. The molecule has 0 amide bonds. The molecule has 0 aromatic carbocycles. The summed E-state index contributed by atoms with van der Waals surface area (Å²) >= 11 is 1.38. The maximum absolute atomic E-state index is 12.2. The van der Waals surface area contributed by atoms with Crippen LogP contribution in [0.1, 0.15) is 25.8 Å². The lowest BCUT2D eigenvalue weighted by Crippen LogP contribution is -2.23. The van der Waals surface area contributed by atoms with Crippen LogP contribution < -0.4 is 5.56 Å². The molecule has 2 aromatic heterocycles. The van der Waals surface area contributed by atoms with Crippen molar-refractivity contribution in [1.29, 1.82) is 0 Å². The van der Waals surface area contributed by atoms with Gasteiger partial charge in [0, 0.05) is 6.54 Å². The van der Waals surface area contributed by atoms with Gasteiger partial charge >= 0.3 is 0 Å². The zero-order valence-electron chi connectivity index (χ0n) is 11.8. The van der Waals surface area contributed by atoms with Crippen molar-refractivity contribution in [2.24, 2.45) is 0 Å². The molecule has 0 aliphatic carbocycles. The first-order valence-corrected chi connectivity index (χ1v) is 9.07. The monoisotopic (exact) mass is 314 g/mol. The van der Waals surface area contributed by atoms with E-state index in [9.17, 15) is 13.2 Å². The van der Waals surface area contributed by atoms with Crippen molar-refractivity contribution in [2.75, 3.05) is 5.75 Å². The molecule has 2 rings (SSSR count). The summed E-state index contributed by atoms with van der Waals surface area (Å²) < 4.78 is 25.6. The van der Waals surface area contributed by atoms with Crippen LogP contribution in [-0.2, 0) is 16.4 Å². The van der Waals surface area contributed by atoms with Gasteiger partial charge in [0.05, 0.1) is 22.8 Å². The first-order valence-electron chi connectivity index (χ1n) is 6.47. The molecule has 0 saturated heterocycles. The number of fused-ring (bicyclic) bond motifs is 1. The van der Waals surface area contributed by atoms with Crippen LogP contribution in [0.2, 0.25) is 0 Å². The van der Waals surface area contributed by atoms with Crippen molar-refractivity contribution < 1.29 is 8.42 Å². The van der Waals surface area contributed by atoms with Gasteiger partial charge in [-0.3, -0.25) is 9.36 Å². The summed E-state index contributed by atoms with van der Waals surface area (Å²) in [6.45, 7) is 5.64. The minimum Gasteiger partial charge on any atom is -0.298 e. The zero-order valence-corrected chi connectivity index (χ0v) is 13.4. The van der Waals surface area contributed by atoms with Gasteiger partial charge in [-0.2, -0.15) is 0 Å². The van der Waals surface area contributed by atoms with Gasteiger partial charge in [-0.1, -0.05) is 0 Å². The molecule has 0 spiro atoms. The second-order valence-corrected chi connectivity index (χ2v) is 8.67. The SMILES string of the molecule is Cc1csc2c(=O)n(CCCS(=O)(=O)C(C)C)cnc12. The van der Waals surface area contributed by atoms with Gasteiger partial charge in [0.25, 0.3) is 5.56 Å². The van der Waals surface area contributed by atoms with Crippen molar-refractivity contribution in [3.05, 3.63) is 27.6 Å². The van der Waals surface area contributed by atoms with E-state index < -0.39 is 9.84 Å². The van der Waals surface area contributed by atoms with Crippen molar-refractivity contribution in [3.8, 4) is 0 Å². The van der Waals surface area contributed by atoms with Crippen LogP contribution in [-0.4, -0.2) is 29.0 Å². The number of aromatic nitrogens is 2. The summed E-state index contributed by atoms with van der Waals surface area (Å²) in [6.07, 6.45) is 1.93.